The summed E-state index contributed by atoms with van der Waals surface area (Å²) in [6.45, 7) is 6.70. The number of hydrogen-bond acceptors (Lipinski definition) is 6. The molecule has 2 heterocycles. The minimum Gasteiger partial charge on any atom is -0.457 e. The molecule has 3 aromatic rings. The number of carbonyl (C=O) groups excluding carboxylic acids is 1. The molecule has 2 aromatic carbocycles. The van der Waals surface area contributed by atoms with Crippen LogP contribution in [-0.4, -0.2) is 54.2 Å². The normalized spacial score (nSPS) is 17.6. The molecule has 0 bridgehead atoms. The molecule has 4 rings (SSSR count). The first-order chi connectivity index (χ1) is 16.3. The number of likely N-dealkylation sites (N-methyl/N-ethyl adjacent to an activating group) is 1. The molecular weight excluding hydrogens is 426 g/mol. The van der Waals surface area contributed by atoms with Crippen molar-refractivity contribution in [3.05, 3.63) is 71.4 Å². The van der Waals surface area contributed by atoms with Crippen molar-refractivity contribution in [1.82, 2.24) is 15.2 Å². The monoisotopic (exact) mass is 457 g/mol. The predicted octanol–water partition coefficient (Wildman–Crippen LogP) is 4.71. The molecule has 0 aliphatic carbocycles. The fraction of sp³-hybridized carbons (Fsp3) is 0.296. The summed E-state index contributed by atoms with van der Waals surface area (Å²) >= 11 is 0. The van der Waals surface area contributed by atoms with Gasteiger partial charge in [0.25, 0.3) is 5.91 Å². The number of aryl methyl sites for hydroxylation is 1. The Morgan fingerprint density at radius 2 is 1.85 bits per heavy atom. The second-order valence-electron chi connectivity index (χ2n) is 8.85. The molecule has 1 saturated heterocycles. The van der Waals surface area contributed by atoms with Crippen molar-refractivity contribution in [2.75, 3.05) is 26.0 Å². The van der Waals surface area contributed by atoms with E-state index in [0.717, 1.165) is 34.6 Å². The van der Waals surface area contributed by atoms with E-state index >= 15 is 0 Å². The Morgan fingerprint density at radius 1 is 1.12 bits per heavy atom. The average Bonchev–Trinajstić information content (AvgIpc) is 2.83. The number of aromatic nitrogens is 1. The first-order valence-corrected chi connectivity index (χ1v) is 11.4. The van der Waals surface area contributed by atoms with E-state index in [2.05, 4.69) is 34.5 Å². The summed E-state index contributed by atoms with van der Waals surface area (Å²) in [5.41, 5.74) is 5.43. The lowest BCUT2D eigenvalue weighted by molar-refractivity contribution is 0.0662. The molecule has 7 nitrogen and oxygen atoms in total. The van der Waals surface area contributed by atoms with Crippen molar-refractivity contribution < 1.29 is 9.53 Å². The van der Waals surface area contributed by atoms with Crippen LogP contribution in [0.15, 0.2) is 54.7 Å². The molecule has 1 fully saturated rings. The molecule has 176 valence electrons. The third kappa shape index (κ3) is 4.79. The Hall–Kier alpha value is -3.71. The number of anilines is 1. The summed E-state index contributed by atoms with van der Waals surface area (Å²) < 4.78 is 6.07. The smallest absolute Gasteiger partial charge is 0.251 e. The van der Waals surface area contributed by atoms with Crippen LogP contribution in [-0.2, 0) is 0 Å². The molecule has 1 amide bonds. The average molecular weight is 458 g/mol. The number of ether oxygens (including phenoxy) is 1. The van der Waals surface area contributed by atoms with E-state index in [1.807, 2.05) is 62.5 Å². The van der Waals surface area contributed by atoms with E-state index in [4.69, 9.17) is 10.1 Å². The van der Waals surface area contributed by atoms with E-state index < -0.39 is 0 Å². The van der Waals surface area contributed by atoms with Gasteiger partial charge in [-0.1, -0.05) is 6.07 Å². The van der Waals surface area contributed by atoms with Crippen LogP contribution in [0.2, 0.25) is 0 Å². The maximum atomic E-state index is 12.8. The first-order valence-electron chi connectivity index (χ1n) is 11.4. The number of carbonyl (C=O) groups is 1. The van der Waals surface area contributed by atoms with Crippen LogP contribution < -0.4 is 15.4 Å². The number of pyridine rings is 1. The summed E-state index contributed by atoms with van der Waals surface area (Å²) in [6, 6.07) is 15.6. The van der Waals surface area contributed by atoms with Crippen molar-refractivity contribution in [3.8, 4) is 22.8 Å². The lowest BCUT2D eigenvalue weighted by atomic mass is 9.97. The summed E-state index contributed by atoms with van der Waals surface area (Å²) in [5, 5.41) is 14.2. The minimum atomic E-state index is -0.0389. The molecule has 3 N–H and O–H groups in total. The number of likely N-dealkylation sites (tertiary alicyclic amines) is 1. The van der Waals surface area contributed by atoms with Gasteiger partial charge in [0, 0.05) is 66.1 Å². The van der Waals surface area contributed by atoms with Crippen molar-refractivity contribution in [1.29, 1.82) is 5.41 Å². The molecule has 1 aliphatic heterocycles. The van der Waals surface area contributed by atoms with Crippen molar-refractivity contribution in [3.63, 3.8) is 0 Å². The zero-order chi connectivity index (χ0) is 24.4. The van der Waals surface area contributed by atoms with Crippen molar-refractivity contribution in [2.45, 2.75) is 32.9 Å². The number of rotatable bonds is 7. The molecule has 34 heavy (non-hydrogen) atoms. The number of benzene rings is 2. The Bertz CT molecular complexity index is 1240. The molecule has 0 saturated carbocycles. The van der Waals surface area contributed by atoms with Gasteiger partial charge in [-0.3, -0.25) is 14.7 Å². The number of nitrogens with zero attached hydrogens (tertiary/aromatic N) is 2. The lowest BCUT2D eigenvalue weighted by Gasteiger charge is -2.44. The molecule has 7 heteroatoms. The Morgan fingerprint density at radius 3 is 2.50 bits per heavy atom. The van der Waals surface area contributed by atoms with Gasteiger partial charge in [-0.25, -0.2) is 0 Å². The second kappa shape index (κ2) is 9.65. The van der Waals surface area contributed by atoms with Gasteiger partial charge in [-0.2, -0.15) is 0 Å². The first kappa shape index (κ1) is 23.4. The van der Waals surface area contributed by atoms with Gasteiger partial charge >= 0.3 is 0 Å². The maximum absolute atomic E-state index is 12.8. The quantitative estimate of drug-likeness (QED) is 0.447. The third-order valence-corrected chi connectivity index (χ3v) is 6.48. The highest BCUT2D eigenvalue weighted by atomic mass is 16.5. The van der Waals surface area contributed by atoms with Crippen molar-refractivity contribution in [2.24, 2.45) is 0 Å². The van der Waals surface area contributed by atoms with Crippen LogP contribution in [0.5, 0.6) is 11.5 Å². The van der Waals surface area contributed by atoms with Crippen LogP contribution in [0, 0.1) is 12.3 Å². The maximum Gasteiger partial charge on any atom is 0.251 e. The van der Waals surface area contributed by atoms with Gasteiger partial charge in [0.1, 0.15) is 11.5 Å². The Labute approximate surface area is 200 Å². The fourth-order valence-electron chi connectivity index (χ4n) is 4.18. The topological polar surface area (TPSA) is 90.3 Å². The number of amides is 1. The lowest BCUT2D eigenvalue weighted by Crippen LogP contribution is -2.63. The van der Waals surface area contributed by atoms with Gasteiger partial charge < -0.3 is 20.8 Å². The molecule has 0 spiro atoms. The minimum absolute atomic E-state index is 0.0389. The van der Waals surface area contributed by atoms with Crippen LogP contribution in [0.1, 0.15) is 35.3 Å². The standard InChI is InChI=1S/C27H31N5O2/c1-16-12-19(6-8-22(16)27(33)31-26-15-32(5)18(26)3)24-13-21(10-11-30-24)34-20-7-9-23(17(2)28)25(14-20)29-4/h6-14,18,26,28-29H,15H2,1-5H3,(H,31,33)/t18-,26+/m1/s1. The highest BCUT2D eigenvalue weighted by molar-refractivity contribution is 6.01. The van der Waals surface area contributed by atoms with Crippen LogP contribution >= 0.6 is 0 Å². The molecule has 1 aromatic heterocycles. The van der Waals surface area contributed by atoms with Crippen LogP contribution in [0.25, 0.3) is 11.3 Å². The van der Waals surface area contributed by atoms with Gasteiger partial charge in [-0.05, 0) is 63.7 Å². The van der Waals surface area contributed by atoms with E-state index in [0.29, 0.717) is 28.8 Å². The van der Waals surface area contributed by atoms with E-state index in [1.54, 1.807) is 13.1 Å². The zero-order valence-corrected chi connectivity index (χ0v) is 20.3. The zero-order valence-electron chi connectivity index (χ0n) is 20.3. The summed E-state index contributed by atoms with van der Waals surface area (Å²) in [5.74, 6) is 1.29. The highest BCUT2D eigenvalue weighted by Crippen LogP contribution is 2.30. The van der Waals surface area contributed by atoms with Crippen LogP contribution in [0.4, 0.5) is 5.69 Å². The SMILES string of the molecule is CNc1cc(Oc2ccnc(-c3ccc(C(=O)N[C@H]4CN(C)[C@@H]4C)c(C)c3)c2)ccc1C(C)=N. The fourth-order valence-corrected chi connectivity index (χ4v) is 4.18. The summed E-state index contributed by atoms with van der Waals surface area (Å²) in [6.07, 6.45) is 1.71. The summed E-state index contributed by atoms with van der Waals surface area (Å²) in [7, 11) is 3.89. The highest BCUT2D eigenvalue weighted by Gasteiger charge is 2.33. The Balaban J connectivity index is 1.51. The molecule has 0 unspecified atom stereocenters. The van der Waals surface area contributed by atoms with Gasteiger partial charge in [0.15, 0.2) is 0 Å². The van der Waals surface area contributed by atoms with Crippen LogP contribution in [0.3, 0.4) is 0 Å². The molecular formula is C27H31N5O2. The number of nitrogens with one attached hydrogen (secondary N) is 3. The largest absolute Gasteiger partial charge is 0.457 e. The predicted molar refractivity (Wildman–Crippen MR) is 136 cm³/mol. The van der Waals surface area contributed by atoms with Gasteiger partial charge in [-0.15, -0.1) is 0 Å². The van der Waals surface area contributed by atoms with E-state index in [-0.39, 0.29) is 11.9 Å². The van der Waals surface area contributed by atoms with Crippen molar-refractivity contribution >= 4 is 17.3 Å². The molecule has 1 aliphatic rings. The van der Waals surface area contributed by atoms with Gasteiger partial charge in [0.2, 0.25) is 0 Å². The Kier molecular flexibility index (Phi) is 6.65. The van der Waals surface area contributed by atoms with Gasteiger partial charge in [0.05, 0.1) is 11.7 Å². The van der Waals surface area contributed by atoms with E-state index in [1.165, 1.54) is 0 Å². The summed E-state index contributed by atoms with van der Waals surface area (Å²) in [4.78, 5) is 19.5. The molecule has 2 atom stereocenters. The second-order valence-corrected chi connectivity index (χ2v) is 8.85. The number of hydrogen-bond donors (Lipinski definition) is 3. The van der Waals surface area contributed by atoms with E-state index in [9.17, 15) is 4.79 Å². The molecule has 0 radical (unpaired) electrons. The third-order valence-electron chi connectivity index (χ3n) is 6.48.